The van der Waals surface area contributed by atoms with Crippen molar-refractivity contribution in [2.24, 2.45) is 0 Å². The van der Waals surface area contributed by atoms with Gasteiger partial charge in [-0.3, -0.25) is 15.1 Å². The second kappa shape index (κ2) is 7.46. The van der Waals surface area contributed by atoms with Crippen molar-refractivity contribution < 1.29 is 17.8 Å². The molecule has 26 heavy (non-hydrogen) atoms. The summed E-state index contributed by atoms with van der Waals surface area (Å²) in [6, 6.07) is 11.6. The van der Waals surface area contributed by atoms with Crippen LogP contribution in [0.25, 0.3) is 0 Å². The molecule has 0 aliphatic carbocycles. The molecule has 0 spiro atoms. The van der Waals surface area contributed by atoms with Crippen LogP contribution in [0.15, 0.2) is 76.5 Å². The molecular weight excluding hydrogens is 358 g/mol. The minimum Gasteiger partial charge on any atom is -0.468 e. The molecule has 0 unspecified atom stereocenters. The van der Waals surface area contributed by atoms with Crippen molar-refractivity contribution in [3.8, 4) is 0 Å². The summed E-state index contributed by atoms with van der Waals surface area (Å²) in [5, 5.41) is 10.8. The van der Waals surface area contributed by atoms with Crippen molar-refractivity contribution in [3.05, 3.63) is 88.6 Å². The number of nitrogens with zero attached hydrogens (tertiary/aromatic N) is 3. The quantitative estimate of drug-likeness (QED) is 0.465. The third-order valence-electron chi connectivity index (χ3n) is 3.68. The van der Waals surface area contributed by atoms with Gasteiger partial charge in [0.2, 0.25) is 10.0 Å². The van der Waals surface area contributed by atoms with Crippen molar-refractivity contribution in [2.45, 2.75) is 18.0 Å². The fourth-order valence-corrected chi connectivity index (χ4v) is 3.78. The predicted molar refractivity (Wildman–Crippen MR) is 92.5 cm³/mol. The first kappa shape index (κ1) is 17.8. The SMILES string of the molecule is O=[N+]([O-])c1ccc(S(=O)(=O)N(Cc2cccnc2)Cc2ccco2)cc1. The van der Waals surface area contributed by atoms with E-state index in [2.05, 4.69) is 4.98 Å². The third-order valence-corrected chi connectivity index (χ3v) is 5.49. The highest BCUT2D eigenvalue weighted by molar-refractivity contribution is 7.89. The highest BCUT2D eigenvalue weighted by atomic mass is 32.2. The molecule has 0 saturated heterocycles. The minimum atomic E-state index is -3.89. The van der Waals surface area contributed by atoms with Crippen LogP contribution in [0.3, 0.4) is 0 Å². The molecule has 0 aliphatic rings. The molecule has 0 aliphatic heterocycles. The predicted octanol–water partition coefficient (Wildman–Crippen LogP) is 2.97. The summed E-state index contributed by atoms with van der Waals surface area (Å²) >= 11 is 0. The molecule has 0 saturated carbocycles. The second-order valence-corrected chi connectivity index (χ2v) is 7.40. The Morgan fingerprint density at radius 1 is 1.08 bits per heavy atom. The van der Waals surface area contributed by atoms with Crippen molar-refractivity contribution in [3.63, 3.8) is 0 Å². The molecule has 0 bridgehead atoms. The summed E-state index contributed by atoms with van der Waals surface area (Å²) in [7, 11) is -3.89. The summed E-state index contributed by atoms with van der Waals surface area (Å²) in [6.45, 7) is 0.120. The van der Waals surface area contributed by atoms with E-state index in [4.69, 9.17) is 4.42 Å². The van der Waals surface area contributed by atoms with E-state index < -0.39 is 14.9 Å². The third kappa shape index (κ3) is 3.95. The van der Waals surface area contributed by atoms with Crippen molar-refractivity contribution in [2.75, 3.05) is 0 Å². The van der Waals surface area contributed by atoms with Gasteiger partial charge in [0.05, 0.1) is 22.6 Å². The van der Waals surface area contributed by atoms with Crippen LogP contribution in [0.1, 0.15) is 11.3 Å². The number of nitro groups is 1. The lowest BCUT2D eigenvalue weighted by atomic mass is 10.3. The molecule has 8 nitrogen and oxygen atoms in total. The number of nitro benzene ring substituents is 1. The summed E-state index contributed by atoms with van der Waals surface area (Å²) in [5.41, 5.74) is 0.540. The maximum atomic E-state index is 13.0. The van der Waals surface area contributed by atoms with E-state index >= 15 is 0 Å². The van der Waals surface area contributed by atoms with E-state index in [0.717, 1.165) is 0 Å². The first-order chi connectivity index (χ1) is 12.5. The number of hydrogen-bond donors (Lipinski definition) is 0. The summed E-state index contributed by atoms with van der Waals surface area (Å²) in [6.07, 6.45) is 4.65. The van der Waals surface area contributed by atoms with Crippen LogP contribution in [-0.2, 0) is 23.1 Å². The van der Waals surface area contributed by atoms with Crippen molar-refractivity contribution >= 4 is 15.7 Å². The Labute approximate surface area is 149 Å². The van der Waals surface area contributed by atoms with Gasteiger partial charge in [-0.1, -0.05) is 6.07 Å². The molecule has 0 fully saturated rings. The zero-order valence-electron chi connectivity index (χ0n) is 13.6. The van der Waals surface area contributed by atoms with Gasteiger partial charge < -0.3 is 4.42 Å². The smallest absolute Gasteiger partial charge is 0.269 e. The van der Waals surface area contributed by atoms with Crippen LogP contribution in [0.2, 0.25) is 0 Å². The summed E-state index contributed by atoms with van der Waals surface area (Å²) < 4.78 is 32.6. The van der Waals surface area contributed by atoms with Crippen LogP contribution < -0.4 is 0 Å². The number of aromatic nitrogens is 1. The first-order valence-corrected chi connectivity index (χ1v) is 9.07. The highest BCUT2D eigenvalue weighted by Gasteiger charge is 2.26. The number of pyridine rings is 1. The van der Waals surface area contributed by atoms with E-state index in [1.54, 1.807) is 36.7 Å². The van der Waals surface area contributed by atoms with Crippen molar-refractivity contribution in [1.82, 2.24) is 9.29 Å². The van der Waals surface area contributed by atoms with Gasteiger partial charge >= 0.3 is 0 Å². The van der Waals surface area contributed by atoms with Gasteiger partial charge in [-0.25, -0.2) is 8.42 Å². The van der Waals surface area contributed by atoms with Crippen LogP contribution in [0.4, 0.5) is 5.69 Å². The number of benzene rings is 1. The molecule has 134 valence electrons. The molecule has 2 heterocycles. The Morgan fingerprint density at radius 3 is 2.42 bits per heavy atom. The molecule has 2 aromatic heterocycles. The molecule has 3 rings (SSSR count). The van der Waals surface area contributed by atoms with Crippen LogP contribution in [0, 0.1) is 10.1 Å². The molecule has 1 aromatic carbocycles. The Balaban J connectivity index is 1.94. The fourth-order valence-electron chi connectivity index (χ4n) is 2.39. The van der Waals surface area contributed by atoms with E-state index in [1.807, 2.05) is 0 Å². The highest BCUT2D eigenvalue weighted by Crippen LogP contribution is 2.23. The number of rotatable bonds is 7. The lowest BCUT2D eigenvalue weighted by Crippen LogP contribution is -2.30. The van der Waals surface area contributed by atoms with Crippen molar-refractivity contribution in [1.29, 1.82) is 0 Å². The minimum absolute atomic E-state index is 0.0290. The molecule has 0 amide bonds. The topological polar surface area (TPSA) is 107 Å². The van der Waals surface area contributed by atoms with Gasteiger partial charge in [0.1, 0.15) is 5.76 Å². The number of non-ortho nitro benzene ring substituents is 1. The zero-order chi connectivity index (χ0) is 18.6. The zero-order valence-corrected chi connectivity index (χ0v) is 14.4. The average molecular weight is 373 g/mol. The Morgan fingerprint density at radius 2 is 1.85 bits per heavy atom. The Bertz CT molecular complexity index is 971. The number of sulfonamides is 1. The van der Waals surface area contributed by atoms with E-state index in [1.165, 1.54) is 34.8 Å². The maximum Gasteiger partial charge on any atom is 0.269 e. The lowest BCUT2D eigenvalue weighted by molar-refractivity contribution is -0.384. The van der Waals surface area contributed by atoms with Gasteiger partial charge in [-0.05, 0) is 35.9 Å². The number of hydrogen-bond acceptors (Lipinski definition) is 6. The van der Waals surface area contributed by atoms with Gasteiger partial charge in [0.15, 0.2) is 0 Å². The molecular formula is C17H15N3O5S. The van der Waals surface area contributed by atoms with Crippen LogP contribution >= 0.6 is 0 Å². The van der Waals surface area contributed by atoms with Gasteiger partial charge in [-0.15, -0.1) is 0 Å². The maximum absolute atomic E-state index is 13.0. The molecule has 0 radical (unpaired) electrons. The fraction of sp³-hybridized carbons (Fsp3) is 0.118. The molecule has 0 atom stereocenters. The normalized spacial score (nSPS) is 11.6. The largest absolute Gasteiger partial charge is 0.468 e. The standard InChI is InChI=1S/C17H15N3O5S/c21-20(22)15-5-7-17(8-6-15)26(23,24)19(13-16-4-2-10-25-16)12-14-3-1-9-18-11-14/h1-11H,12-13H2. The monoisotopic (exact) mass is 373 g/mol. The second-order valence-electron chi connectivity index (χ2n) is 5.46. The average Bonchev–Trinajstić information content (AvgIpc) is 3.15. The van der Waals surface area contributed by atoms with Gasteiger partial charge in [-0.2, -0.15) is 4.31 Å². The molecule has 3 aromatic rings. The van der Waals surface area contributed by atoms with E-state index in [-0.39, 0.29) is 23.7 Å². The summed E-state index contributed by atoms with van der Waals surface area (Å²) in [4.78, 5) is 14.2. The van der Waals surface area contributed by atoms with Gasteiger partial charge in [0, 0.05) is 31.1 Å². The van der Waals surface area contributed by atoms with Gasteiger partial charge in [0.25, 0.3) is 5.69 Å². The lowest BCUT2D eigenvalue weighted by Gasteiger charge is -2.21. The van der Waals surface area contributed by atoms with E-state index in [9.17, 15) is 18.5 Å². The molecule has 9 heteroatoms. The number of furan rings is 1. The Kier molecular flexibility index (Phi) is 5.10. The van der Waals surface area contributed by atoms with Crippen LogP contribution in [-0.4, -0.2) is 22.6 Å². The summed E-state index contributed by atoms with van der Waals surface area (Å²) in [5.74, 6) is 0.486. The molecule has 0 N–H and O–H groups in total. The van der Waals surface area contributed by atoms with Crippen LogP contribution in [0.5, 0.6) is 0 Å². The van der Waals surface area contributed by atoms with E-state index in [0.29, 0.717) is 11.3 Å². The first-order valence-electron chi connectivity index (χ1n) is 7.63. The Hall–Kier alpha value is -3.04.